The molecule has 0 unspecified atom stereocenters. The second-order valence-electron chi connectivity index (χ2n) is 6.28. The van der Waals surface area contributed by atoms with Crippen molar-refractivity contribution in [3.63, 3.8) is 0 Å². The molecule has 0 fully saturated rings. The van der Waals surface area contributed by atoms with Gasteiger partial charge in [-0.1, -0.05) is 35.9 Å². The van der Waals surface area contributed by atoms with Gasteiger partial charge in [-0.3, -0.25) is 4.79 Å². The molecule has 0 atom stereocenters. The van der Waals surface area contributed by atoms with E-state index < -0.39 is 32.7 Å². The molecule has 1 N–H and O–H groups in total. The smallest absolute Gasteiger partial charge is 0.378 e. The highest BCUT2D eigenvalue weighted by atomic mass is 35.5. The zero-order valence-corrected chi connectivity index (χ0v) is 17.6. The van der Waals surface area contributed by atoms with Crippen molar-refractivity contribution in [2.45, 2.75) is 11.1 Å². The molecule has 0 radical (unpaired) electrons. The molecule has 1 amide bonds. The number of nitrogens with zero attached hydrogens (tertiary/aromatic N) is 1. The van der Waals surface area contributed by atoms with Gasteiger partial charge in [0.05, 0.1) is 22.4 Å². The van der Waals surface area contributed by atoms with Gasteiger partial charge in [-0.05, 0) is 48.5 Å². The number of halogens is 4. The number of hydrazone groups is 1. The number of carbonyl (C=O) groups is 1. The highest BCUT2D eigenvalue weighted by molar-refractivity contribution is 7.87. The van der Waals surface area contributed by atoms with Crippen LogP contribution in [0.3, 0.4) is 0 Å². The fourth-order valence-electron chi connectivity index (χ4n) is 2.51. The number of para-hydroxylation sites is 1. The minimum Gasteiger partial charge on any atom is -0.378 e. The Bertz CT molecular complexity index is 1260. The van der Waals surface area contributed by atoms with Crippen LogP contribution in [0.2, 0.25) is 5.02 Å². The van der Waals surface area contributed by atoms with E-state index in [0.717, 1.165) is 18.3 Å². The lowest BCUT2D eigenvalue weighted by Crippen LogP contribution is -2.18. The van der Waals surface area contributed by atoms with E-state index in [2.05, 4.69) is 10.5 Å². The van der Waals surface area contributed by atoms with Gasteiger partial charge in [-0.2, -0.15) is 26.7 Å². The molecule has 0 heterocycles. The minimum absolute atomic E-state index is 0.136. The number of carbonyl (C=O) groups excluding carboxylic acids is 1. The number of nitrogens with one attached hydrogen (secondary N) is 1. The lowest BCUT2D eigenvalue weighted by Gasteiger charge is -2.11. The van der Waals surface area contributed by atoms with E-state index in [4.69, 9.17) is 15.8 Å². The van der Waals surface area contributed by atoms with Crippen LogP contribution in [0, 0.1) is 0 Å². The van der Waals surface area contributed by atoms with Crippen LogP contribution in [0.25, 0.3) is 0 Å². The Hall–Kier alpha value is -3.37. The highest BCUT2D eigenvalue weighted by Crippen LogP contribution is 2.30. The van der Waals surface area contributed by atoms with Crippen LogP contribution in [-0.2, 0) is 16.3 Å². The first kappa shape index (κ1) is 23.3. The highest BCUT2D eigenvalue weighted by Gasteiger charge is 2.31. The first-order chi connectivity index (χ1) is 15.1. The Morgan fingerprint density at radius 1 is 0.969 bits per heavy atom. The fourth-order valence-corrected chi connectivity index (χ4v) is 3.68. The summed E-state index contributed by atoms with van der Waals surface area (Å²) in [5.74, 6) is -0.717. The van der Waals surface area contributed by atoms with Gasteiger partial charge in [0.15, 0.2) is 5.75 Å². The largest absolute Gasteiger partial charge is 0.416 e. The summed E-state index contributed by atoms with van der Waals surface area (Å²) in [5, 5.41) is 4.01. The molecule has 0 aliphatic heterocycles. The van der Waals surface area contributed by atoms with Gasteiger partial charge in [0.2, 0.25) is 0 Å². The summed E-state index contributed by atoms with van der Waals surface area (Å²) in [4.78, 5) is 11.7. The summed E-state index contributed by atoms with van der Waals surface area (Å²) in [6.45, 7) is 0. The third kappa shape index (κ3) is 5.65. The lowest BCUT2D eigenvalue weighted by atomic mass is 10.2. The Kier molecular flexibility index (Phi) is 6.85. The van der Waals surface area contributed by atoms with E-state index in [1.165, 1.54) is 30.3 Å². The van der Waals surface area contributed by atoms with E-state index in [1.807, 2.05) is 0 Å². The lowest BCUT2D eigenvalue weighted by molar-refractivity contribution is -0.137. The van der Waals surface area contributed by atoms with Gasteiger partial charge in [-0.25, -0.2) is 5.43 Å². The van der Waals surface area contributed by atoms with Crippen molar-refractivity contribution in [2.75, 3.05) is 0 Å². The molecule has 11 heteroatoms. The maximum Gasteiger partial charge on any atom is 0.416 e. The van der Waals surface area contributed by atoms with Crippen molar-refractivity contribution in [3.8, 4) is 5.75 Å². The first-order valence-electron chi connectivity index (χ1n) is 8.86. The SMILES string of the molecule is O=C(NN=Cc1ccccc1OS(=O)(=O)c1ccc(C(F)(F)F)cc1)c1ccccc1Cl. The number of alkyl halides is 3. The Morgan fingerprint density at radius 3 is 2.25 bits per heavy atom. The van der Waals surface area contributed by atoms with Gasteiger partial charge in [0.25, 0.3) is 5.91 Å². The molecule has 0 saturated carbocycles. The van der Waals surface area contributed by atoms with Crippen LogP contribution >= 0.6 is 11.6 Å². The quantitative estimate of drug-likeness (QED) is 0.308. The first-order valence-corrected chi connectivity index (χ1v) is 10.7. The normalized spacial score (nSPS) is 12.0. The molecule has 0 spiro atoms. The summed E-state index contributed by atoms with van der Waals surface area (Å²) in [5.41, 5.74) is 1.67. The Morgan fingerprint density at radius 2 is 1.59 bits per heavy atom. The predicted octanol–water partition coefficient (Wildman–Crippen LogP) is 4.89. The van der Waals surface area contributed by atoms with Crippen molar-refractivity contribution in [2.24, 2.45) is 5.10 Å². The summed E-state index contributed by atoms with van der Waals surface area (Å²) in [7, 11) is -4.42. The molecular formula is C21H14ClF3N2O4S. The van der Waals surface area contributed by atoms with Crippen LogP contribution in [-0.4, -0.2) is 20.5 Å². The van der Waals surface area contributed by atoms with Crippen LogP contribution in [0.1, 0.15) is 21.5 Å². The minimum atomic E-state index is -4.60. The van der Waals surface area contributed by atoms with E-state index in [9.17, 15) is 26.4 Å². The zero-order chi connectivity index (χ0) is 23.4. The number of hydrogen-bond acceptors (Lipinski definition) is 5. The van der Waals surface area contributed by atoms with Crippen molar-refractivity contribution in [1.29, 1.82) is 0 Å². The average Bonchev–Trinajstić information content (AvgIpc) is 2.74. The standard InChI is InChI=1S/C21H14ClF3N2O4S/c22-18-7-3-2-6-17(18)20(28)27-26-13-14-5-1-4-8-19(14)31-32(29,30)16-11-9-15(10-12-16)21(23,24)25/h1-13H,(H,27,28). The van der Waals surface area contributed by atoms with Gasteiger partial charge in [0.1, 0.15) is 4.90 Å². The van der Waals surface area contributed by atoms with Crippen molar-refractivity contribution in [1.82, 2.24) is 5.43 Å². The van der Waals surface area contributed by atoms with Crippen LogP contribution in [0.5, 0.6) is 5.75 Å². The Labute approximate surface area is 186 Å². The molecule has 3 rings (SSSR count). The summed E-state index contributed by atoms with van der Waals surface area (Å²) in [6, 6.07) is 15.1. The number of benzene rings is 3. The van der Waals surface area contributed by atoms with Crippen molar-refractivity contribution in [3.05, 3.63) is 94.5 Å². The van der Waals surface area contributed by atoms with Crippen LogP contribution < -0.4 is 9.61 Å². The molecule has 3 aromatic carbocycles. The zero-order valence-electron chi connectivity index (χ0n) is 16.0. The van der Waals surface area contributed by atoms with Crippen molar-refractivity contribution >= 4 is 33.8 Å². The van der Waals surface area contributed by atoms with Crippen molar-refractivity contribution < 1.29 is 30.6 Å². The average molecular weight is 483 g/mol. The van der Waals surface area contributed by atoms with E-state index in [0.29, 0.717) is 12.1 Å². The van der Waals surface area contributed by atoms with E-state index in [1.54, 1.807) is 18.2 Å². The maximum absolute atomic E-state index is 12.7. The van der Waals surface area contributed by atoms with Gasteiger partial charge in [-0.15, -0.1) is 0 Å². The maximum atomic E-state index is 12.7. The monoisotopic (exact) mass is 482 g/mol. The fraction of sp³-hybridized carbons (Fsp3) is 0.0476. The van der Waals surface area contributed by atoms with Gasteiger partial charge >= 0.3 is 16.3 Å². The number of amides is 1. The van der Waals surface area contributed by atoms with Gasteiger partial charge in [0, 0.05) is 5.56 Å². The molecule has 0 aliphatic carbocycles. The molecule has 6 nitrogen and oxygen atoms in total. The van der Waals surface area contributed by atoms with Crippen LogP contribution in [0.4, 0.5) is 13.2 Å². The topological polar surface area (TPSA) is 84.8 Å². The van der Waals surface area contributed by atoms with Gasteiger partial charge < -0.3 is 4.18 Å². The molecule has 32 heavy (non-hydrogen) atoms. The van der Waals surface area contributed by atoms with E-state index in [-0.39, 0.29) is 21.9 Å². The van der Waals surface area contributed by atoms with E-state index >= 15 is 0 Å². The third-order valence-electron chi connectivity index (χ3n) is 4.08. The molecule has 166 valence electrons. The van der Waals surface area contributed by atoms with Crippen LogP contribution in [0.15, 0.2) is 82.8 Å². The molecular weight excluding hydrogens is 469 g/mol. The second kappa shape index (κ2) is 9.41. The molecule has 0 aromatic heterocycles. The number of rotatable bonds is 6. The Balaban J connectivity index is 1.77. The summed E-state index contributed by atoms with van der Waals surface area (Å²) >= 11 is 5.94. The predicted molar refractivity (Wildman–Crippen MR) is 112 cm³/mol. The molecule has 0 bridgehead atoms. The second-order valence-corrected chi connectivity index (χ2v) is 8.23. The summed E-state index contributed by atoms with van der Waals surface area (Å²) < 4.78 is 68.1. The molecule has 0 aliphatic rings. The third-order valence-corrected chi connectivity index (χ3v) is 5.66. The molecule has 0 saturated heterocycles. The summed E-state index contributed by atoms with van der Waals surface area (Å²) in [6.07, 6.45) is -3.44. The number of hydrogen-bond donors (Lipinski definition) is 1. The molecule has 3 aromatic rings.